The van der Waals surface area contributed by atoms with Crippen molar-refractivity contribution in [3.05, 3.63) is 74.6 Å². The van der Waals surface area contributed by atoms with Crippen LogP contribution in [0.4, 0.5) is 4.39 Å². The molecule has 1 aliphatic rings. The van der Waals surface area contributed by atoms with Gasteiger partial charge in [0.1, 0.15) is 5.82 Å². The maximum absolute atomic E-state index is 14.1. The van der Waals surface area contributed by atoms with E-state index in [0.29, 0.717) is 36.1 Å². The molecule has 1 saturated heterocycles. The molecule has 156 valence electrons. The highest BCUT2D eigenvalue weighted by molar-refractivity contribution is 5.88. The molecule has 4 rings (SSSR count). The largest absolute Gasteiger partial charge is 0.478 e. The normalized spacial score (nSPS) is 14.9. The van der Waals surface area contributed by atoms with Crippen LogP contribution in [0.15, 0.2) is 35.4 Å². The van der Waals surface area contributed by atoms with Crippen molar-refractivity contribution in [2.45, 2.75) is 39.2 Å². The molecule has 1 fully saturated rings. The molecule has 1 aliphatic heterocycles. The van der Waals surface area contributed by atoms with Gasteiger partial charge in [0.05, 0.1) is 22.8 Å². The molecule has 1 N–H and O–H groups in total. The minimum Gasteiger partial charge on any atom is -0.478 e. The van der Waals surface area contributed by atoms with Crippen LogP contribution in [-0.4, -0.2) is 33.8 Å². The lowest BCUT2D eigenvalue weighted by Crippen LogP contribution is -2.29. The molecule has 7 heteroatoms. The lowest BCUT2D eigenvalue weighted by molar-refractivity contribution is 0.0684. The molecule has 0 radical (unpaired) electrons. The maximum atomic E-state index is 14.1. The van der Waals surface area contributed by atoms with E-state index >= 15 is 0 Å². The summed E-state index contributed by atoms with van der Waals surface area (Å²) in [6.45, 7) is 5.15. The number of ether oxygens (including phenoxy) is 1. The van der Waals surface area contributed by atoms with Gasteiger partial charge in [0.15, 0.2) is 0 Å². The fourth-order valence-corrected chi connectivity index (χ4v) is 4.08. The third-order valence-electron chi connectivity index (χ3n) is 5.99. The molecule has 1 aromatic heterocycles. The first kappa shape index (κ1) is 20.2. The lowest BCUT2D eigenvalue weighted by atomic mass is 9.94. The second-order valence-corrected chi connectivity index (χ2v) is 7.78. The fourth-order valence-electron chi connectivity index (χ4n) is 4.08. The van der Waals surface area contributed by atoms with Crippen LogP contribution in [-0.2, 0) is 11.2 Å². The van der Waals surface area contributed by atoms with Crippen molar-refractivity contribution in [1.29, 1.82) is 0 Å². The van der Waals surface area contributed by atoms with Gasteiger partial charge in [0.2, 0.25) is 0 Å². The van der Waals surface area contributed by atoms with E-state index in [1.807, 2.05) is 19.9 Å². The number of aromatic carboxylic acids is 1. The first-order valence-corrected chi connectivity index (χ1v) is 9.96. The number of carboxylic acids is 1. The van der Waals surface area contributed by atoms with Gasteiger partial charge in [0.25, 0.3) is 5.56 Å². The molecule has 2 heterocycles. The molecule has 2 aromatic carbocycles. The van der Waals surface area contributed by atoms with Crippen molar-refractivity contribution in [3.63, 3.8) is 0 Å². The Balaban J connectivity index is 1.77. The Kier molecular flexibility index (Phi) is 5.39. The summed E-state index contributed by atoms with van der Waals surface area (Å²) < 4.78 is 21.2. The van der Waals surface area contributed by atoms with E-state index in [0.717, 1.165) is 29.5 Å². The number of hydrogen-bond acceptors (Lipinski definition) is 4. The average molecular weight is 410 g/mol. The first-order chi connectivity index (χ1) is 14.4. The van der Waals surface area contributed by atoms with Crippen molar-refractivity contribution >= 4 is 16.9 Å². The Morgan fingerprint density at radius 1 is 1.23 bits per heavy atom. The smallest absolute Gasteiger partial charge is 0.338 e. The Morgan fingerprint density at radius 3 is 2.63 bits per heavy atom. The summed E-state index contributed by atoms with van der Waals surface area (Å²) in [5, 5.41) is 9.56. The summed E-state index contributed by atoms with van der Waals surface area (Å²) in [6, 6.07) is 6.04. The molecule has 0 atom stereocenters. The van der Waals surface area contributed by atoms with E-state index in [1.54, 1.807) is 17.0 Å². The van der Waals surface area contributed by atoms with Crippen molar-refractivity contribution < 1.29 is 19.0 Å². The van der Waals surface area contributed by atoms with Crippen LogP contribution in [0.5, 0.6) is 0 Å². The van der Waals surface area contributed by atoms with Crippen molar-refractivity contribution in [2.75, 3.05) is 13.2 Å². The van der Waals surface area contributed by atoms with Gasteiger partial charge in [-0.15, -0.1) is 0 Å². The van der Waals surface area contributed by atoms with Gasteiger partial charge in [-0.25, -0.2) is 14.2 Å². The van der Waals surface area contributed by atoms with E-state index in [4.69, 9.17) is 9.84 Å². The second kappa shape index (κ2) is 7.99. The first-order valence-electron chi connectivity index (χ1n) is 9.96. The predicted molar refractivity (Wildman–Crippen MR) is 111 cm³/mol. The zero-order valence-corrected chi connectivity index (χ0v) is 16.9. The van der Waals surface area contributed by atoms with Gasteiger partial charge in [-0.3, -0.25) is 9.36 Å². The Labute approximate surface area is 172 Å². The van der Waals surface area contributed by atoms with Gasteiger partial charge in [0, 0.05) is 19.3 Å². The molecule has 0 saturated carbocycles. The van der Waals surface area contributed by atoms with E-state index in [2.05, 4.69) is 4.98 Å². The van der Waals surface area contributed by atoms with Crippen molar-refractivity contribution in [3.8, 4) is 0 Å². The van der Waals surface area contributed by atoms with Crippen LogP contribution in [0.25, 0.3) is 10.9 Å². The molecular weight excluding hydrogens is 387 g/mol. The summed E-state index contributed by atoms with van der Waals surface area (Å²) in [5.41, 5.74) is 3.69. The van der Waals surface area contributed by atoms with Crippen LogP contribution in [0.2, 0.25) is 0 Å². The van der Waals surface area contributed by atoms with Gasteiger partial charge < -0.3 is 9.84 Å². The van der Waals surface area contributed by atoms with Crippen LogP contribution >= 0.6 is 0 Å². The molecule has 3 aromatic rings. The maximum Gasteiger partial charge on any atom is 0.338 e. The third-order valence-corrected chi connectivity index (χ3v) is 5.99. The monoisotopic (exact) mass is 410 g/mol. The standard InChI is InChI=1S/C23H23FN2O4/c1-13-14(2)21-19(22(27)26(12-25-21)17-5-7-30-8-6-17)11-16(13)9-15-3-4-18(23(28)29)20(24)10-15/h3-4,10-12,17H,5-9H2,1-2H3,(H,28,29). The fraction of sp³-hybridized carbons (Fsp3) is 0.348. The van der Waals surface area contributed by atoms with E-state index in [1.165, 1.54) is 12.1 Å². The highest BCUT2D eigenvalue weighted by Crippen LogP contribution is 2.26. The van der Waals surface area contributed by atoms with E-state index in [9.17, 15) is 14.0 Å². The summed E-state index contributed by atoms with van der Waals surface area (Å²) in [6.07, 6.45) is 3.58. The topological polar surface area (TPSA) is 81.4 Å². The second-order valence-electron chi connectivity index (χ2n) is 7.78. The molecule has 30 heavy (non-hydrogen) atoms. The zero-order chi connectivity index (χ0) is 21.4. The Morgan fingerprint density at radius 2 is 1.97 bits per heavy atom. The number of aromatic nitrogens is 2. The van der Waals surface area contributed by atoms with Crippen LogP contribution in [0, 0.1) is 19.7 Å². The number of rotatable bonds is 4. The number of benzene rings is 2. The number of nitrogens with zero attached hydrogens (tertiary/aromatic N) is 2. The number of hydrogen-bond donors (Lipinski definition) is 1. The van der Waals surface area contributed by atoms with E-state index < -0.39 is 11.8 Å². The molecule has 0 spiro atoms. The summed E-state index contributed by atoms with van der Waals surface area (Å²) >= 11 is 0. The highest BCUT2D eigenvalue weighted by Gasteiger charge is 2.20. The number of carbonyl (C=O) groups is 1. The minimum absolute atomic E-state index is 0.0749. The van der Waals surface area contributed by atoms with Gasteiger partial charge in [-0.1, -0.05) is 6.07 Å². The number of aryl methyl sites for hydroxylation is 1. The lowest BCUT2D eigenvalue weighted by Gasteiger charge is -2.24. The van der Waals surface area contributed by atoms with Crippen molar-refractivity contribution in [2.24, 2.45) is 0 Å². The molecule has 6 nitrogen and oxygen atoms in total. The minimum atomic E-state index is -1.29. The molecule has 0 amide bonds. The third kappa shape index (κ3) is 3.61. The van der Waals surface area contributed by atoms with E-state index in [-0.39, 0.29) is 17.2 Å². The van der Waals surface area contributed by atoms with Gasteiger partial charge in [-0.05, 0) is 73.6 Å². The van der Waals surface area contributed by atoms with Gasteiger partial charge >= 0.3 is 5.97 Å². The van der Waals surface area contributed by atoms with Crippen LogP contribution in [0.1, 0.15) is 51.5 Å². The summed E-state index contributed by atoms with van der Waals surface area (Å²) in [7, 11) is 0. The molecule has 0 aliphatic carbocycles. The average Bonchev–Trinajstić information content (AvgIpc) is 2.73. The molecule has 0 unspecified atom stereocenters. The van der Waals surface area contributed by atoms with Crippen LogP contribution in [0.3, 0.4) is 0 Å². The SMILES string of the molecule is Cc1c(Cc2ccc(C(=O)O)c(F)c2)cc2c(=O)n(C3CCOCC3)cnc2c1C. The Bertz CT molecular complexity index is 1200. The van der Waals surface area contributed by atoms with Crippen LogP contribution < -0.4 is 5.56 Å². The molecule has 0 bridgehead atoms. The summed E-state index contributed by atoms with van der Waals surface area (Å²) in [4.78, 5) is 28.8. The summed E-state index contributed by atoms with van der Waals surface area (Å²) in [5.74, 6) is -2.06. The van der Waals surface area contributed by atoms with Gasteiger partial charge in [-0.2, -0.15) is 0 Å². The number of carboxylic acid groups (broad SMARTS) is 1. The van der Waals surface area contributed by atoms with Crippen molar-refractivity contribution in [1.82, 2.24) is 9.55 Å². The molecular formula is C23H23FN2O4. The predicted octanol–water partition coefficient (Wildman–Crippen LogP) is 3.79. The highest BCUT2D eigenvalue weighted by atomic mass is 19.1. The number of fused-ring (bicyclic) bond motifs is 1. The zero-order valence-electron chi connectivity index (χ0n) is 16.9. The number of halogens is 1. The Hall–Kier alpha value is -3.06. The quantitative estimate of drug-likeness (QED) is 0.708.